The van der Waals surface area contributed by atoms with Crippen LogP contribution in [-0.4, -0.2) is 16.0 Å². The third-order valence-electron chi connectivity index (χ3n) is 3.95. The summed E-state index contributed by atoms with van der Waals surface area (Å²) < 4.78 is 0. The van der Waals surface area contributed by atoms with Crippen LogP contribution in [0.3, 0.4) is 0 Å². The van der Waals surface area contributed by atoms with Crippen LogP contribution in [0.2, 0.25) is 0 Å². The molecule has 0 bridgehead atoms. The second-order valence-corrected chi connectivity index (χ2v) is 5.51. The topological polar surface area (TPSA) is 37.8 Å². The van der Waals surface area contributed by atoms with Gasteiger partial charge in [0.15, 0.2) is 0 Å². The quantitative estimate of drug-likeness (QED) is 0.827. The molecule has 1 heterocycles. The van der Waals surface area contributed by atoms with Crippen molar-refractivity contribution in [3.63, 3.8) is 0 Å². The molecule has 1 aliphatic rings. The van der Waals surface area contributed by atoms with E-state index in [4.69, 9.17) is 0 Å². The van der Waals surface area contributed by atoms with Gasteiger partial charge >= 0.3 is 0 Å². The van der Waals surface area contributed by atoms with Gasteiger partial charge in [0.1, 0.15) is 11.6 Å². The van der Waals surface area contributed by atoms with Crippen molar-refractivity contribution in [1.82, 2.24) is 9.97 Å². The Kier molecular flexibility index (Phi) is 4.56. The highest BCUT2D eigenvalue weighted by Gasteiger charge is 2.20. The minimum atomic E-state index is 0.575. The molecule has 3 heteroatoms. The van der Waals surface area contributed by atoms with E-state index in [1.807, 2.05) is 6.92 Å². The van der Waals surface area contributed by atoms with Crippen molar-refractivity contribution in [2.45, 2.75) is 65.3 Å². The maximum absolute atomic E-state index is 4.52. The molecule has 3 nitrogen and oxygen atoms in total. The average Bonchev–Trinajstić information content (AvgIpc) is 2.54. The van der Waals surface area contributed by atoms with E-state index in [9.17, 15) is 0 Å². The van der Waals surface area contributed by atoms with Gasteiger partial charge in [0.2, 0.25) is 0 Å². The Morgan fingerprint density at radius 3 is 2.78 bits per heavy atom. The smallest absolute Gasteiger partial charge is 0.130 e. The average molecular weight is 247 g/mol. The van der Waals surface area contributed by atoms with E-state index in [0.717, 1.165) is 29.7 Å². The van der Waals surface area contributed by atoms with Gasteiger partial charge < -0.3 is 5.32 Å². The number of rotatable bonds is 3. The van der Waals surface area contributed by atoms with E-state index in [0.29, 0.717) is 6.04 Å². The first-order chi connectivity index (χ1) is 8.69. The molecular weight excluding hydrogens is 222 g/mol. The molecule has 18 heavy (non-hydrogen) atoms. The highest BCUT2D eigenvalue weighted by Crippen LogP contribution is 2.25. The Labute approximate surface area is 110 Å². The number of nitrogens with zero attached hydrogens (tertiary/aromatic N) is 2. The summed E-state index contributed by atoms with van der Waals surface area (Å²) in [5.41, 5.74) is 1.13. The number of anilines is 1. The molecule has 0 radical (unpaired) electrons. The second kappa shape index (κ2) is 6.17. The fourth-order valence-corrected chi connectivity index (χ4v) is 2.78. The molecule has 2 atom stereocenters. The summed E-state index contributed by atoms with van der Waals surface area (Å²) in [5, 5.41) is 3.64. The van der Waals surface area contributed by atoms with Crippen LogP contribution in [0.25, 0.3) is 0 Å². The summed E-state index contributed by atoms with van der Waals surface area (Å²) >= 11 is 0. The second-order valence-electron chi connectivity index (χ2n) is 5.51. The normalized spacial score (nSPS) is 24.6. The standard InChI is InChI=1S/C15H25N3/c1-4-13-10-15(17-12(3)16-13)18-14-9-7-5-6-8-11(14)2/h10-11,14H,4-9H2,1-3H3,(H,16,17,18). The van der Waals surface area contributed by atoms with Crippen molar-refractivity contribution in [3.05, 3.63) is 17.6 Å². The lowest BCUT2D eigenvalue weighted by molar-refractivity contribution is 0.455. The van der Waals surface area contributed by atoms with Crippen LogP contribution in [0.1, 0.15) is 57.5 Å². The summed E-state index contributed by atoms with van der Waals surface area (Å²) in [6, 6.07) is 2.68. The van der Waals surface area contributed by atoms with Crippen LogP contribution in [0.4, 0.5) is 5.82 Å². The lowest BCUT2D eigenvalue weighted by Crippen LogP contribution is -2.27. The lowest BCUT2D eigenvalue weighted by atomic mass is 9.97. The highest BCUT2D eigenvalue weighted by molar-refractivity contribution is 5.37. The Balaban J connectivity index is 2.09. The van der Waals surface area contributed by atoms with Gasteiger partial charge in [-0.3, -0.25) is 0 Å². The zero-order valence-electron chi connectivity index (χ0n) is 11.9. The van der Waals surface area contributed by atoms with Gasteiger partial charge in [0.25, 0.3) is 0 Å². The van der Waals surface area contributed by atoms with E-state index in [1.54, 1.807) is 0 Å². The van der Waals surface area contributed by atoms with Gasteiger partial charge in [0.05, 0.1) is 0 Å². The SMILES string of the molecule is CCc1cc(NC2CCCCCC2C)nc(C)n1. The monoisotopic (exact) mass is 247 g/mol. The Morgan fingerprint density at radius 1 is 1.22 bits per heavy atom. The van der Waals surface area contributed by atoms with Gasteiger partial charge in [-0.15, -0.1) is 0 Å². The molecule has 1 saturated carbocycles. The first-order valence-corrected chi connectivity index (χ1v) is 7.30. The molecule has 0 amide bonds. The van der Waals surface area contributed by atoms with Crippen LogP contribution in [0, 0.1) is 12.8 Å². The minimum Gasteiger partial charge on any atom is -0.367 e. The number of nitrogens with one attached hydrogen (secondary N) is 1. The summed E-state index contributed by atoms with van der Waals surface area (Å²) in [5.74, 6) is 2.63. The molecule has 2 rings (SSSR count). The molecule has 0 saturated heterocycles. The largest absolute Gasteiger partial charge is 0.367 e. The van der Waals surface area contributed by atoms with Crippen molar-refractivity contribution in [1.29, 1.82) is 0 Å². The van der Waals surface area contributed by atoms with E-state index in [-0.39, 0.29) is 0 Å². The minimum absolute atomic E-state index is 0.575. The van der Waals surface area contributed by atoms with Gasteiger partial charge in [0, 0.05) is 17.8 Å². The van der Waals surface area contributed by atoms with Crippen LogP contribution in [0.5, 0.6) is 0 Å². The molecule has 1 aliphatic carbocycles. The van der Waals surface area contributed by atoms with Crippen LogP contribution in [0.15, 0.2) is 6.07 Å². The third-order valence-corrected chi connectivity index (χ3v) is 3.95. The Morgan fingerprint density at radius 2 is 2.00 bits per heavy atom. The van der Waals surface area contributed by atoms with E-state index in [1.165, 1.54) is 32.1 Å². The van der Waals surface area contributed by atoms with E-state index >= 15 is 0 Å². The van der Waals surface area contributed by atoms with Crippen molar-refractivity contribution < 1.29 is 0 Å². The molecule has 0 aliphatic heterocycles. The van der Waals surface area contributed by atoms with Crippen molar-refractivity contribution in [2.75, 3.05) is 5.32 Å². The molecule has 100 valence electrons. The van der Waals surface area contributed by atoms with Gasteiger partial charge in [-0.1, -0.05) is 33.1 Å². The van der Waals surface area contributed by atoms with Crippen molar-refractivity contribution in [3.8, 4) is 0 Å². The predicted octanol–water partition coefficient (Wildman–Crippen LogP) is 3.73. The van der Waals surface area contributed by atoms with Gasteiger partial charge in [-0.25, -0.2) is 9.97 Å². The van der Waals surface area contributed by atoms with Crippen molar-refractivity contribution in [2.24, 2.45) is 5.92 Å². The number of hydrogen-bond acceptors (Lipinski definition) is 3. The molecular formula is C15H25N3. The van der Waals surface area contributed by atoms with Crippen LogP contribution >= 0.6 is 0 Å². The van der Waals surface area contributed by atoms with Crippen LogP contribution < -0.4 is 5.32 Å². The zero-order chi connectivity index (χ0) is 13.0. The summed E-state index contributed by atoms with van der Waals surface area (Å²) in [6.45, 7) is 6.47. The number of aryl methyl sites for hydroxylation is 2. The fourth-order valence-electron chi connectivity index (χ4n) is 2.78. The zero-order valence-corrected chi connectivity index (χ0v) is 11.9. The molecule has 1 aromatic rings. The van der Waals surface area contributed by atoms with Gasteiger partial charge in [-0.2, -0.15) is 0 Å². The summed E-state index contributed by atoms with van der Waals surface area (Å²) in [6.07, 6.45) is 7.67. The van der Waals surface area contributed by atoms with E-state index in [2.05, 4.69) is 35.2 Å². The number of aromatic nitrogens is 2. The first-order valence-electron chi connectivity index (χ1n) is 7.30. The first kappa shape index (κ1) is 13.3. The fraction of sp³-hybridized carbons (Fsp3) is 0.733. The highest BCUT2D eigenvalue weighted by atomic mass is 15.1. The lowest BCUT2D eigenvalue weighted by Gasteiger charge is -2.23. The molecule has 1 N–H and O–H groups in total. The third kappa shape index (κ3) is 3.44. The molecule has 0 spiro atoms. The van der Waals surface area contributed by atoms with Crippen molar-refractivity contribution >= 4 is 5.82 Å². The molecule has 2 unspecified atom stereocenters. The van der Waals surface area contributed by atoms with E-state index < -0.39 is 0 Å². The molecule has 0 aromatic carbocycles. The van der Waals surface area contributed by atoms with Crippen LogP contribution in [-0.2, 0) is 6.42 Å². The van der Waals surface area contributed by atoms with Gasteiger partial charge in [-0.05, 0) is 32.1 Å². The maximum Gasteiger partial charge on any atom is 0.130 e. The summed E-state index contributed by atoms with van der Waals surface area (Å²) in [7, 11) is 0. The molecule has 1 fully saturated rings. The molecule has 1 aromatic heterocycles. The predicted molar refractivity (Wildman–Crippen MR) is 75.8 cm³/mol. The Hall–Kier alpha value is -1.12. The Bertz CT molecular complexity index is 389. The summed E-state index contributed by atoms with van der Waals surface area (Å²) in [4.78, 5) is 8.95. The number of hydrogen-bond donors (Lipinski definition) is 1. The maximum atomic E-state index is 4.52.